The van der Waals surface area contributed by atoms with Crippen molar-refractivity contribution in [3.8, 4) is 0 Å². The van der Waals surface area contributed by atoms with Crippen LogP contribution in [0.25, 0.3) is 0 Å². The average Bonchev–Trinajstić information content (AvgIpc) is 3.02. The highest BCUT2D eigenvalue weighted by molar-refractivity contribution is 9.10. The summed E-state index contributed by atoms with van der Waals surface area (Å²) in [6, 6.07) is 7.61. The molecule has 124 valence electrons. The molecule has 1 aliphatic rings. The van der Waals surface area contributed by atoms with Gasteiger partial charge in [-0.25, -0.2) is 4.90 Å². The summed E-state index contributed by atoms with van der Waals surface area (Å²) in [4.78, 5) is 30.2. The van der Waals surface area contributed by atoms with Gasteiger partial charge in [0.2, 0.25) is 11.8 Å². The Bertz CT molecular complexity index is 777. The minimum absolute atomic E-state index is 0.208. The predicted octanol–water partition coefficient (Wildman–Crippen LogP) is 3.32. The fourth-order valence-electron chi connectivity index (χ4n) is 2.94. The molecule has 2 amide bonds. The van der Waals surface area contributed by atoms with Crippen molar-refractivity contribution in [2.75, 3.05) is 16.8 Å². The Morgan fingerprint density at radius 1 is 1.38 bits per heavy atom. The van der Waals surface area contributed by atoms with E-state index in [1.807, 2.05) is 24.3 Å². The van der Waals surface area contributed by atoms with Crippen molar-refractivity contribution < 1.29 is 9.59 Å². The van der Waals surface area contributed by atoms with Gasteiger partial charge in [0.15, 0.2) is 0 Å². The highest BCUT2D eigenvalue weighted by Crippen LogP contribution is 2.37. The van der Waals surface area contributed by atoms with Gasteiger partial charge in [-0.3, -0.25) is 14.6 Å². The molecular formula is C18H18BrN3O2. The van der Waals surface area contributed by atoms with Crippen LogP contribution in [-0.2, 0) is 22.4 Å². The van der Waals surface area contributed by atoms with E-state index in [4.69, 9.17) is 0 Å². The average molecular weight is 388 g/mol. The van der Waals surface area contributed by atoms with E-state index in [-0.39, 0.29) is 18.2 Å². The number of rotatable bonds is 4. The van der Waals surface area contributed by atoms with Crippen LogP contribution >= 0.6 is 15.9 Å². The van der Waals surface area contributed by atoms with Gasteiger partial charge in [-0.05, 0) is 42.2 Å². The smallest absolute Gasteiger partial charge is 0.234 e. The first kappa shape index (κ1) is 16.6. The summed E-state index contributed by atoms with van der Waals surface area (Å²) >= 11 is 3.47. The molecule has 1 aromatic carbocycles. The van der Waals surface area contributed by atoms with E-state index in [1.165, 1.54) is 11.8 Å². The van der Waals surface area contributed by atoms with E-state index in [9.17, 15) is 9.59 Å². The van der Waals surface area contributed by atoms with Crippen molar-refractivity contribution in [3.05, 3.63) is 52.3 Å². The van der Waals surface area contributed by atoms with Crippen LogP contribution in [0.4, 0.5) is 11.4 Å². The molecule has 3 rings (SSSR count). The van der Waals surface area contributed by atoms with Gasteiger partial charge in [-0.2, -0.15) is 0 Å². The van der Waals surface area contributed by atoms with E-state index in [1.54, 1.807) is 12.4 Å². The molecule has 1 aliphatic heterocycles. The molecule has 1 aromatic heterocycles. The second-order valence-electron chi connectivity index (χ2n) is 5.75. The number of amides is 2. The first-order valence-electron chi connectivity index (χ1n) is 7.85. The third-order valence-electron chi connectivity index (χ3n) is 4.02. The second kappa shape index (κ2) is 7.13. The summed E-state index contributed by atoms with van der Waals surface area (Å²) in [5.74, 6) is -0.486. The lowest BCUT2D eigenvalue weighted by Gasteiger charge is -2.22. The van der Waals surface area contributed by atoms with E-state index in [2.05, 4.69) is 26.2 Å². The molecule has 0 saturated carbocycles. The first-order valence-corrected chi connectivity index (χ1v) is 8.64. The van der Waals surface area contributed by atoms with Crippen LogP contribution in [0.3, 0.4) is 0 Å². The summed E-state index contributed by atoms with van der Waals surface area (Å²) in [5, 5.41) is 3.28. The van der Waals surface area contributed by atoms with Gasteiger partial charge in [-0.1, -0.05) is 22.0 Å². The fraction of sp³-hybridized carbons (Fsp3) is 0.278. The van der Waals surface area contributed by atoms with E-state index >= 15 is 0 Å². The number of aryl methyl sites for hydroxylation is 1. The number of anilines is 2. The zero-order valence-corrected chi connectivity index (χ0v) is 15.0. The normalized spacial score (nSPS) is 12.4. The summed E-state index contributed by atoms with van der Waals surface area (Å²) in [5.41, 5.74) is 3.60. The maximum atomic E-state index is 12.7. The number of fused-ring (bicyclic) bond motifs is 1. The minimum atomic E-state index is -0.278. The van der Waals surface area contributed by atoms with Crippen molar-refractivity contribution in [1.29, 1.82) is 0 Å². The molecule has 0 saturated heterocycles. The Morgan fingerprint density at radius 3 is 2.92 bits per heavy atom. The number of benzene rings is 1. The number of hydrogen-bond acceptors (Lipinski definition) is 4. The molecule has 0 bridgehead atoms. The number of halogens is 1. The van der Waals surface area contributed by atoms with Crippen LogP contribution in [-0.4, -0.2) is 23.3 Å². The number of hydrogen-bond donors (Lipinski definition) is 1. The standard InChI is InChI=1S/C18H18BrN3O2/c1-12(23)22(17(24)5-4-13-3-2-7-20-11-13)16-10-15(19)9-14-6-8-21-18(14)16/h2-3,7,9-11,21H,4-6,8H2,1H3. The Labute approximate surface area is 149 Å². The quantitative estimate of drug-likeness (QED) is 0.873. The Kier molecular flexibility index (Phi) is 4.94. The lowest BCUT2D eigenvalue weighted by atomic mass is 10.1. The zero-order chi connectivity index (χ0) is 17.1. The number of aromatic nitrogens is 1. The SMILES string of the molecule is CC(=O)N(C(=O)CCc1cccnc1)c1cc(Br)cc2c1NCC2. The van der Waals surface area contributed by atoms with Gasteiger partial charge in [0.05, 0.1) is 11.4 Å². The van der Waals surface area contributed by atoms with Crippen molar-refractivity contribution in [3.63, 3.8) is 0 Å². The van der Waals surface area contributed by atoms with Crippen LogP contribution in [0.2, 0.25) is 0 Å². The first-order chi connectivity index (χ1) is 11.6. The number of carbonyl (C=O) groups is 2. The number of imide groups is 1. The highest BCUT2D eigenvalue weighted by atomic mass is 79.9. The molecular weight excluding hydrogens is 370 g/mol. The molecule has 0 atom stereocenters. The minimum Gasteiger partial charge on any atom is -0.383 e. The molecule has 6 heteroatoms. The van der Waals surface area contributed by atoms with Gasteiger partial charge in [0.25, 0.3) is 0 Å². The molecule has 2 aromatic rings. The molecule has 2 heterocycles. The lowest BCUT2D eigenvalue weighted by molar-refractivity contribution is -0.125. The van der Waals surface area contributed by atoms with Crippen LogP contribution in [0, 0.1) is 0 Å². The molecule has 0 aliphatic carbocycles. The van der Waals surface area contributed by atoms with Crippen LogP contribution in [0.5, 0.6) is 0 Å². The zero-order valence-electron chi connectivity index (χ0n) is 13.4. The topological polar surface area (TPSA) is 62.3 Å². The van der Waals surface area contributed by atoms with E-state index in [0.29, 0.717) is 12.1 Å². The summed E-state index contributed by atoms with van der Waals surface area (Å²) in [6.45, 7) is 2.23. The van der Waals surface area contributed by atoms with E-state index in [0.717, 1.165) is 34.3 Å². The fourth-order valence-corrected chi connectivity index (χ4v) is 3.43. The van der Waals surface area contributed by atoms with Gasteiger partial charge < -0.3 is 5.32 Å². The lowest BCUT2D eigenvalue weighted by Crippen LogP contribution is -2.35. The number of pyridine rings is 1. The monoisotopic (exact) mass is 387 g/mol. The van der Waals surface area contributed by atoms with E-state index < -0.39 is 0 Å². The van der Waals surface area contributed by atoms with Gasteiger partial charge in [0.1, 0.15) is 0 Å². The predicted molar refractivity (Wildman–Crippen MR) is 97.1 cm³/mol. The Hall–Kier alpha value is -2.21. The summed E-state index contributed by atoms with van der Waals surface area (Å²) in [7, 11) is 0. The molecule has 5 nitrogen and oxygen atoms in total. The summed E-state index contributed by atoms with van der Waals surface area (Å²) < 4.78 is 0.867. The molecule has 0 fully saturated rings. The third-order valence-corrected chi connectivity index (χ3v) is 4.47. The second-order valence-corrected chi connectivity index (χ2v) is 6.66. The maximum Gasteiger partial charge on any atom is 0.234 e. The summed E-state index contributed by atoms with van der Waals surface area (Å²) in [6.07, 6.45) is 5.14. The van der Waals surface area contributed by atoms with Crippen molar-refractivity contribution in [1.82, 2.24) is 4.98 Å². The van der Waals surface area contributed by atoms with Crippen molar-refractivity contribution in [2.45, 2.75) is 26.2 Å². The van der Waals surface area contributed by atoms with Crippen LogP contribution in [0.15, 0.2) is 41.1 Å². The van der Waals surface area contributed by atoms with Crippen molar-refractivity contribution in [2.24, 2.45) is 0 Å². The van der Waals surface area contributed by atoms with Gasteiger partial charge >= 0.3 is 0 Å². The maximum absolute atomic E-state index is 12.7. The van der Waals surface area contributed by atoms with Crippen LogP contribution in [0.1, 0.15) is 24.5 Å². The molecule has 24 heavy (non-hydrogen) atoms. The number of nitrogens with one attached hydrogen (secondary N) is 1. The Morgan fingerprint density at radius 2 is 2.21 bits per heavy atom. The molecule has 0 unspecified atom stereocenters. The number of carbonyl (C=O) groups excluding carboxylic acids is 2. The Balaban J connectivity index is 1.85. The largest absolute Gasteiger partial charge is 0.383 e. The third kappa shape index (κ3) is 3.48. The molecule has 1 N–H and O–H groups in total. The van der Waals surface area contributed by atoms with Gasteiger partial charge in [0, 0.05) is 36.8 Å². The van der Waals surface area contributed by atoms with Crippen LogP contribution < -0.4 is 10.2 Å². The van der Waals surface area contributed by atoms with Crippen molar-refractivity contribution >= 4 is 39.1 Å². The molecule has 0 radical (unpaired) electrons. The number of nitrogens with zero attached hydrogens (tertiary/aromatic N) is 2. The highest BCUT2D eigenvalue weighted by Gasteiger charge is 2.26. The molecule has 0 spiro atoms. The van der Waals surface area contributed by atoms with Gasteiger partial charge in [-0.15, -0.1) is 0 Å².